The van der Waals surface area contributed by atoms with Crippen molar-refractivity contribution in [2.75, 3.05) is 30.8 Å². The van der Waals surface area contributed by atoms with E-state index in [2.05, 4.69) is 33.0 Å². The number of hydrogen-bond donors (Lipinski definition) is 3. The van der Waals surface area contributed by atoms with Crippen LogP contribution in [0.15, 0.2) is 60.9 Å². The fraction of sp³-hybridized carbons (Fsp3) is 0.261. The highest BCUT2D eigenvalue weighted by molar-refractivity contribution is 6.33. The van der Waals surface area contributed by atoms with Gasteiger partial charge in [-0.2, -0.15) is 5.10 Å². The van der Waals surface area contributed by atoms with Gasteiger partial charge in [0.25, 0.3) is 5.91 Å². The minimum atomic E-state index is -0.428. The van der Waals surface area contributed by atoms with Crippen LogP contribution in [0.1, 0.15) is 23.2 Å². The van der Waals surface area contributed by atoms with Gasteiger partial charge in [-0.15, -0.1) is 0 Å². The topological polar surface area (TPSA) is 91.3 Å². The van der Waals surface area contributed by atoms with Gasteiger partial charge in [0.15, 0.2) is 0 Å². The lowest BCUT2D eigenvalue weighted by Crippen LogP contribution is -2.46. The molecule has 1 aliphatic heterocycles. The molecule has 4 rings (SSSR count). The van der Waals surface area contributed by atoms with Gasteiger partial charge in [0.1, 0.15) is 0 Å². The Morgan fingerprint density at radius 2 is 1.97 bits per heavy atom. The van der Waals surface area contributed by atoms with Crippen molar-refractivity contribution in [1.82, 2.24) is 20.0 Å². The molecule has 1 aromatic heterocycles. The Kier molecular flexibility index (Phi) is 6.72. The molecule has 0 spiro atoms. The van der Waals surface area contributed by atoms with Crippen LogP contribution in [0.2, 0.25) is 5.02 Å². The van der Waals surface area contributed by atoms with Crippen LogP contribution < -0.4 is 16.0 Å². The molecule has 2 heterocycles. The molecule has 1 aliphatic rings. The predicted molar refractivity (Wildman–Crippen MR) is 126 cm³/mol. The molecule has 0 radical (unpaired) electrons. The molecule has 3 aromatic rings. The van der Waals surface area contributed by atoms with Crippen LogP contribution in [0.5, 0.6) is 0 Å². The average molecular weight is 453 g/mol. The zero-order valence-corrected chi connectivity index (χ0v) is 18.5. The average Bonchev–Trinajstić information content (AvgIpc) is 3.24. The summed E-state index contributed by atoms with van der Waals surface area (Å²) in [6.45, 7) is 1.92. The number of anilines is 2. The van der Waals surface area contributed by atoms with Crippen LogP contribution in [0.3, 0.4) is 0 Å². The third kappa shape index (κ3) is 5.46. The van der Waals surface area contributed by atoms with Crippen molar-refractivity contribution in [3.8, 4) is 5.69 Å². The normalized spacial score (nSPS) is 16.4. The number of hydrogen-bond acceptors (Lipinski definition) is 4. The highest BCUT2D eigenvalue weighted by Crippen LogP contribution is 2.21. The van der Waals surface area contributed by atoms with Crippen LogP contribution >= 0.6 is 11.6 Å². The van der Waals surface area contributed by atoms with Crippen molar-refractivity contribution >= 4 is 34.9 Å². The number of aromatic nitrogens is 2. The molecular weight excluding hydrogens is 428 g/mol. The Bertz CT molecular complexity index is 1120. The summed E-state index contributed by atoms with van der Waals surface area (Å²) in [7, 11) is 2.07. The highest BCUT2D eigenvalue weighted by Gasteiger charge is 2.19. The molecule has 1 unspecified atom stereocenters. The number of likely N-dealkylation sites (N-methyl/N-ethyl adjacent to an activating group) is 1. The number of carbonyl (C=O) groups is 2. The fourth-order valence-corrected chi connectivity index (χ4v) is 3.90. The van der Waals surface area contributed by atoms with E-state index in [9.17, 15) is 9.59 Å². The summed E-state index contributed by atoms with van der Waals surface area (Å²) in [4.78, 5) is 27.2. The van der Waals surface area contributed by atoms with Gasteiger partial charge in [0, 0.05) is 18.2 Å². The van der Waals surface area contributed by atoms with Crippen LogP contribution in [-0.4, -0.2) is 52.8 Å². The quantitative estimate of drug-likeness (QED) is 0.545. The largest absolute Gasteiger partial charge is 0.348 e. The van der Waals surface area contributed by atoms with Crippen LogP contribution in [0.25, 0.3) is 5.69 Å². The summed E-state index contributed by atoms with van der Waals surface area (Å²) >= 11 is 6.07. The van der Waals surface area contributed by atoms with Gasteiger partial charge >= 0.3 is 6.03 Å². The van der Waals surface area contributed by atoms with Gasteiger partial charge < -0.3 is 20.9 Å². The highest BCUT2D eigenvalue weighted by atomic mass is 35.5. The summed E-state index contributed by atoms with van der Waals surface area (Å²) in [6, 6.07) is 13.9. The lowest BCUT2D eigenvalue weighted by molar-refractivity contribution is 0.0912. The Morgan fingerprint density at radius 3 is 2.78 bits per heavy atom. The molecule has 32 heavy (non-hydrogen) atoms. The Morgan fingerprint density at radius 1 is 1.12 bits per heavy atom. The number of rotatable bonds is 5. The maximum absolute atomic E-state index is 12.7. The summed E-state index contributed by atoms with van der Waals surface area (Å²) in [5.41, 5.74) is 2.31. The van der Waals surface area contributed by atoms with E-state index >= 15 is 0 Å². The second-order valence-corrected chi connectivity index (χ2v) is 8.26. The van der Waals surface area contributed by atoms with E-state index in [0.717, 1.165) is 31.6 Å². The smallest absolute Gasteiger partial charge is 0.323 e. The van der Waals surface area contributed by atoms with E-state index < -0.39 is 6.03 Å². The van der Waals surface area contributed by atoms with Gasteiger partial charge in [-0.25, -0.2) is 9.48 Å². The Balaban J connectivity index is 1.40. The van der Waals surface area contributed by atoms with Crippen molar-refractivity contribution in [3.63, 3.8) is 0 Å². The zero-order valence-electron chi connectivity index (χ0n) is 17.7. The number of amides is 3. The van der Waals surface area contributed by atoms with E-state index in [-0.39, 0.29) is 11.9 Å². The third-order valence-electron chi connectivity index (χ3n) is 5.30. The molecule has 3 N–H and O–H groups in total. The number of halogens is 1. The van der Waals surface area contributed by atoms with Crippen molar-refractivity contribution in [1.29, 1.82) is 0 Å². The molecular formula is C23H25ClN6O2. The Labute approximate surface area is 191 Å². The number of para-hydroxylation sites is 1. The zero-order chi connectivity index (χ0) is 22.5. The number of benzene rings is 2. The number of nitrogens with one attached hydrogen (secondary N) is 3. The monoisotopic (exact) mass is 452 g/mol. The number of nitrogens with zero attached hydrogens (tertiary/aromatic N) is 3. The molecule has 9 heteroatoms. The molecule has 0 bridgehead atoms. The number of likely N-dealkylation sites (tertiary alicyclic amines) is 1. The summed E-state index contributed by atoms with van der Waals surface area (Å²) < 4.78 is 1.61. The summed E-state index contributed by atoms with van der Waals surface area (Å²) in [5, 5.41) is 13.3. The molecule has 3 amide bonds. The standard InChI is InChI=1S/C23H25ClN6O2/c1-29-11-5-7-17(14-29)26-22(31)16-6-4-8-19(12-16)30-15-18(13-25-30)27-23(32)28-21-10-3-2-9-20(21)24/h2-4,6,8-10,12-13,15,17H,5,7,11,14H2,1H3,(H,26,31)(H2,27,28,32). The number of urea groups is 1. The van der Waals surface area contributed by atoms with Gasteiger partial charge in [-0.1, -0.05) is 29.8 Å². The van der Waals surface area contributed by atoms with Gasteiger partial charge in [-0.3, -0.25) is 4.79 Å². The van der Waals surface area contributed by atoms with Crippen molar-refractivity contribution in [3.05, 3.63) is 71.5 Å². The van der Waals surface area contributed by atoms with Crippen LogP contribution in [-0.2, 0) is 0 Å². The summed E-state index contributed by atoms with van der Waals surface area (Å²) in [6.07, 6.45) is 5.28. The SMILES string of the molecule is CN1CCCC(NC(=O)c2cccc(-n3cc(NC(=O)Nc4ccccc4Cl)cn3)c2)C1. The second-order valence-electron chi connectivity index (χ2n) is 7.86. The van der Waals surface area contributed by atoms with E-state index in [4.69, 9.17) is 11.6 Å². The first-order valence-electron chi connectivity index (χ1n) is 10.4. The van der Waals surface area contributed by atoms with E-state index in [1.54, 1.807) is 47.3 Å². The molecule has 8 nitrogen and oxygen atoms in total. The van der Waals surface area contributed by atoms with Crippen molar-refractivity contribution < 1.29 is 9.59 Å². The molecule has 0 aliphatic carbocycles. The molecule has 1 saturated heterocycles. The minimum absolute atomic E-state index is 0.100. The lowest BCUT2D eigenvalue weighted by Gasteiger charge is -2.30. The molecule has 1 fully saturated rings. The lowest BCUT2D eigenvalue weighted by atomic mass is 10.1. The fourth-order valence-electron chi connectivity index (χ4n) is 3.72. The minimum Gasteiger partial charge on any atom is -0.348 e. The van der Waals surface area contributed by atoms with E-state index in [1.807, 2.05) is 12.1 Å². The first kappa shape index (κ1) is 21.9. The third-order valence-corrected chi connectivity index (χ3v) is 5.62. The van der Waals surface area contributed by atoms with Gasteiger partial charge in [0.05, 0.1) is 34.5 Å². The van der Waals surface area contributed by atoms with Crippen LogP contribution in [0.4, 0.5) is 16.2 Å². The predicted octanol–water partition coefficient (Wildman–Crippen LogP) is 3.99. The number of piperidine rings is 1. The molecule has 166 valence electrons. The first-order valence-corrected chi connectivity index (χ1v) is 10.8. The van der Waals surface area contributed by atoms with Crippen molar-refractivity contribution in [2.24, 2.45) is 0 Å². The van der Waals surface area contributed by atoms with E-state index in [0.29, 0.717) is 22.0 Å². The second kappa shape index (κ2) is 9.84. The number of carbonyl (C=O) groups excluding carboxylic acids is 2. The van der Waals surface area contributed by atoms with Gasteiger partial charge in [-0.05, 0) is 56.8 Å². The Hall–Kier alpha value is -3.36. The molecule has 0 saturated carbocycles. The van der Waals surface area contributed by atoms with Gasteiger partial charge in [0.2, 0.25) is 0 Å². The van der Waals surface area contributed by atoms with Crippen LogP contribution in [0, 0.1) is 0 Å². The molecule has 1 atom stereocenters. The van der Waals surface area contributed by atoms with E-state index in [1.165, 1.54) is 6.20 Å². The van der Waals surface area contributed by atoms with Crippen molar-refractivity contribution in [2.45, 2.75) is 18.9 Å². The summed E-state index contributed by atoms with van der Waals surface area (Å²) in [5.74, 6) is -0.100. The maximum atomic E-state index is 12.7. The molecule has 2 aromatic carbocycles. The first-order chi connectivity index (χ1) is 15.5. The maximum Gasteiger partial charge on any atom is 0.323 e.